The van der Waals surface area contributed by atoms with Crippen LogP contribution in [0, 0.1) is 0 Å². The highest BCUT2D eigenvalue weighted by molar-refractivity contribution is 7.89. The minimum absolute atomic E-state index is 0.0767. The molecule has 1 unspecified atom stereocenters. The van der Waals surface area contributed by atoms with Gasteiger partial charge in [-0.1, -0.05) is 17.7 Å². The van der Waals surface area contributed by atoms with E-state index in [2.05, 4.69) is 4.72 Å². The highest BCUT2D eigenvalue weighted by Gasteiger charge is 2.24. The zero-order chi connectivity index (χ0) is 19.4. The molecule has 7 nitrogen and oxygen atoms in total. The molecule has 0 spiro atoms. The van der Waals surface area contributed by atoms with E-state index in [0.29, 0.717) is 23.8 Å². The van der Waals surface area contributed by atoms with Crippen LogP contribution in [0.1, 0.15) is 17.2 Å². The van der Waals surface area contributed by atoms with Crippen LogP contribution in [0.5, 0.6) is 5.75 Å². The number of sulfonamides is 1. The average Bonchev–Trinajstić information content (AvgIpc) is 2.64. The summed E-state index contributed by atoms with van der Waals surface area (Å²) in [5.74, 6) is -0.593. The normalized spacial score (nSPS) is 16.6. The summed E-state index contributed by atoms with van der Waals surface area (Å²) < 4.78 is 38.3. The van der Waals surface area contributed by atoms with Crippen LogP contribution in [0.15, 0.2) is 47.4 Å². The first-order valence-corrected chi connectivity index (χ1v) is 10.1. The van der Waals surface area contributed by atoms with E-state index in [0.717, 1.165) is 11.1 Å². The maximum absolute atomic E-state index is 12.4. The number of fused-ring (bicyclic) bond motifs is 1. The zero-order valence-corrected chi connectivity index (χ0v) is 15.8. The second-order valence-corrected chi connectivity index (χ2v) is 8.16. The fourth-order valence-corrected chi connectivity index (χ4v) is 3.96. The molecular formula is C18H18ClNO6S. The van der Waals surface area contributed by atoms with Gasteiger partial charge in [0.2, 0.25) is 10.0 Å². The Labute approximate surface area is 161 Å². The topological polar surface area (TPSA) is 102 Å². The maximum atomic E-state index is 12.4. The minimum Gasteiger partial charge on any atom is -0.482 e. The van der Waals surface area contributed by atoms with Crippen molar-refractivity contribution in [3.8, 4) is 5.75 Å². The van der Waals surface area contributed by atoms with Crippen molar-refractivity contribution in [1.82, 2.24) is 4.72 Å². The Morgan fingerprint density at radius 3 is 2.70 bits per heavy atom. The molecule has 144 valence electrons. The van der Waals surface area contributed by atoms with Gasteiger partial charge >= 0.3 is 5.97 Å². The van der Waals surface area contributed by atoms with Gasteiger partial charge in [0.1, 0.15) is 5.75 Å². The number of rotatable bonds is 7. The summed E-state index contributed by atoms with van der Waals surface area (Å²) in [7, 11) is -3.68. The van der Waals surface area contributed by atoms with Crippen LogP contribution in [0.2, 0.25) is 5.02 Å². The number of halogens is 1. The molecule has 0 radical (unpaired) electrons. The van der Waals surface area contributed by atoms with E-state index in [4.69, 9.17) is 26.2 Å². The molecule has 0 amide bonds. The van der Waals surface area contributed by atoms with Gasteiger partial charge in [-0.25, -0.2) is 17.9 Å². The van der Waals surface area contributed by atoms with Gasteiger partial charge in [-0.05, 0) is 53.9 Å². The third-order valence-electron chi connectivity index (χ3n) is 4.10. The van der Waals surface area contributed by atoms with Crippen LogP contribution in [0.25, 0.3) is 0 Å². The molecule has 0 aromatic heterocycles. The third-order valence-corrected chi connectivity index (χ3v) is 5.79. The van der Waals surface area contributed by atoms with Crippen molar-refractivity contribution in [2.45, 2.75) is 17.4 Å². The Bertz CT molecular complexity index is 929. The Morgan fingerprint density at radius 2 is 2.00 bits per heavy atom. The molecule has 3 rings (SSSR count). The van der Waals surface area contributed by atoms with Crippen LogP contribution in [0.3, 0.4) is 0 Å². The Balaban J connectivity index is 1.70. The molecular weight excluding hydrogens is 394 g/mol. The lowest BCUT2D eigenvalue weighted by molar-refractivity contribution is -0.139. The number of benzene rings is 2. The van der Waals surface area contributed by atoms with E-state index in [1.807, 2.05) is 0 Å². The molecule has 0 bridgehead atoms. The SMILES string of the molecule is O=C(O)COc1ccc2c(c1)CCOC2CNS(=O)(=O)c1ccc(Cl)cc1. The number of hydrogen-bond donors (Lipinski definition) is 2. The fourth-order valence-electron chi connectivity index (χ4n) is 2.80. The van der Waals surface area contributed by atoms with Gasteiger partial charge in [0.15, 0.2) is 6.61 Å². The summed E-state index contributed by atoms with van der Waals surface area (Å²) in [6, 6.07) is 11.1. The summed E-state index contributed by atoms with van der Waals surface area (Å²) in [5.41, 5.74) is 1.79. The number of ether oxygens (including phenoxy) is 2. The maximum Gasteiger partial charge on any atom is 0.341 e. The first-order valence-electron chi connectivity index (χ1n) is 8.19. The summed E-state index contributed by atoms with van der Waals surface area (Å²) in [6.45, 7) is 0.0929. The number of carboxylic acids is 1. The summed E-state index contributed by atoms with van der Waals surface area (Å²) in [6.07, 6.45) is 0.199. The van der Waals surface area contributed by atoms with Gasteiger partial charge in [0.25, 0.3) is 0 Å². The fraction of sp³-hybridized carbons (Fsp3) is 0.278. The molecule has 2 N–H and O–H groups in total. The monoisotopic (exact) mass is 411 g/mol. The van der Waals surface area contributed by atoms with Crippen molar-refractivity contribution < 1.29 is 27.8 Å². The Hall–Kier alpha value is -2.13. The van der Waals surface area contributed by atoms with E-state index in [1.165, 1.54) is 24.3 Å². The molecule has 1 aliphatic rings. The molecule has 0 saturated carbocycles. The molecule has 27 heavy (non-hydrogen) atoms. The molecule has 1 atom stereocenters. The predicted octanol–water partition coefficient (Wildman–Crippen LogP) is 2.40. The zero-order valence-electron chi connectivity index (χ0n) is 14.2. The van der Waals surface area contributed by atoms with Crippen molar-refractivity contribution >= 4 is 27.6 Å². The van der Waals surface area contributed by atoms with Crippen molar-refractivity contribution in [2.75, 3.05) is 19.8 Å². The van der Waals surface area contributed by atoms with Gasteiger partial charge in [-0.2, -0.15) is 0 Å². The quantitative estimate of drug-likeness (QED) is 0.725. The highest BCUT2D eigenvalue weighted by atomic mass is 35.5. The van der Waals surface area contributed by atoms with E-state index in [-0.39, 0.29) is 11.4 Å². The highest BCUT2D eigenvalue weighted by Crippen LogP contribution is 2.30. The first-order chi connectivity index (χ1) is 12.8. The standard InChI is InChI=1S/C18H18ClNO6S/c19-13-1-4-15(5-2-13)27(23,24)20-10-17-16-6-3-14(26-11-18(21)22)9-12(16)7-8-25-17/h1-6,9,17,20H,7-8,10-11H2,(H,21,22). The largest absolute Gasteiger partial charge is 0.482 e. The average molecular weight is 412 g/mol. The van der Waals surface area contributed by atoms with Gasteiger partial charge in [-0.3, -0.25) is 0 Å². The van der Waals surface area contributed by atoms with Crippen LogP contribution >= 0.6 is 11.6 Å². The molecule has 2 aromatic rings. The number of aliphatic carboxylic acids is 1. The summed E-state index contributed by atoms with van der Waals surface area (Å²) >= 11 is 5.79. The van der Waals surface area contributed by atoms with Gasteiger partial charge < -0.3 is 14.6 Å². The molecule has 1 heterocycles. The van der Waals surface area contributed by atoms with Crippen molar-refractivity contribution in [3.05, 3.63) is 58.6 Å². The Kier molecular flexibility index (Phi) is 6.01. The number of carboxylic acid groups (broad SMARTS) is 1. The molecule has 1 aliphatic heterocycles. The number of carbonyl (C=O) groups is 1. The molecule has 9 heteroatoms. The summed E-state index contributed by atoms with van der Waals surface area (Å²) in [5, 5.41) is 9.15. The third kappa shape index (κ3) is 4.98. The van der Waals surface area contributed by atoms with E-state index in [1.54, 1.807) is 18.2 Å². The number of hydrogen-bond acceptors (Lipinski definition) is 5. The van der Waals surface area contributed by atoms with Crippen LogP contribution in [-0.4, -0.2) is 39.3 Å². The summed E-state index contributed by atoms with van der Waals surface area (Å²) in [4.78, 5) is 10.7. The lowest BCUT2D eigenvalue weighted by Gasteiger charge is -2.26. The Morgan fingerprint density at radius 1 is 1.26 bits per heavy atom. The van der Waals surface area contributed by atoms with Crippen LogP contribution < -0.4 is 9.46 Å². The molecule has 2 aromatic carbocycles. The predicted molar refractivity (Wildman–Crippen MR) is 98.6 cm³/mol. The van der Waals surface area contributed by atoms with Crippen molar-refractivity contribution in [3.63, 3.8) is 0 Å². The van der Waals surface area contributed by atoms with Crippen LogP contribution in [-0.2, 0) is 26.0 Å². The smallest absolute Gasteiger partial charge is 0.341 e. The molecule has 0 fully saturated rings. The van der Waals surface area contributed by atoms with Gasteiger partial charge in [0, 0.05) is 11.6 Å². The van der Waals surface area contributed by atoms with E-state index >= 15 is 0 Å². The lowest BCUT2D eigenvalue weighted by atomic mass is 9.97. The second-order valence-electron chi connectivity index (χ2n) is 5.96. The van der Waals surface area contributed by atoms with Crippen molar-refractivity contribution in [2.24, 2.45) is 0 Å². The van der Waals surface area contributed by atoms with E-state index < -0.39 is 28.7 Å². The molecule has 0 saturated heterocycles. The lowest BCUT2D eigenvalue weighted by Crippen LogP contribution is -2.32. The second kappa shape index (κ2) is 8.26. The first kappa shape index (κ1) is 19.6. The van der Waals surface area contributed by atoms with E-state index in [9.17, 15) is 13.2 Å². The minimum atomic E-state index is -3.68. The number of nitrogens with one attached hydrogen (secondary N) is 1. The molecule has 0 aliphatic carbocycles. The van der Waals surface area contributed by atoms with Gasteiger partial charge in [0.05, 0.1) is 17.6 Å². The van der Waals surface area contributed by atoms with Gasteiger partial charge in [-0.15, -0.1) is 0 Å². The van der Waals surface area contributed by atoms with Crippen molar-refractivity contribution in [1.29, 1.82) is 0 Å². The van der Waals surface area contributed by atoms with Crippen LogP contribution in [0.4, 0.5) is 0 Å².